The van der Waals surface area contributed by atoms with Crippen molar-refractivity contribution in [1.82, 2.24) is 20.0 Å². The van der Waals surface area contributed by atoms with Crippen molar-refractivity contribution in [3.8, 4) is 11.5 Å². The number of rotatable bonds is 5. The predicted octanol–water partition coefficient (Wildman–Crippen LogP) is 4.80. The minimum absolute atomic E-state index is 0.0360. The van der Waals surface area contributed by atoms with Crippen molar-refractivity contribution in [2.45, 2.75) is 19.6 Å². The molecule has 170 valence electrons. The number of carbonyl (C=O) groups excluding carboxylic acids is 1. The summed E-state index contributed by atoms with van der Waals surface area (Å²) < 4.78 is 45.0. The Kier molecular flexibility index (Phi) is 5.81. The maximum Gasteiger partial charge on any atom is 0.416 e. The Morgan fingerprint density at radius 1 is 1.21 bits per heavy atom. The average molecular weight is 477 g/mol. The molecule has 12 heteroatoms. The van der Waals surface area contributed by atoms with Crippen LogP contribution in [0, 0.1) is 6.92 Å². The third-order valence-electron chi connectivity index (χ3n) is 4.72. The van der Waals surface area contributed by atoms with Crippen LogP contribution in [0.4, 0.5) is 24.7 Å². The van der Waals surface area contributed by atoms with Gasteiger partial charge in [-0.3, -0.25) is 4.79 Å². The Bertz CT molecular complexity index is 1310. The zero-order valence-corrected chi connectivity index (χ0v) is 17.8. The van der Waals surface area contributed by atoms with Gasteiger partial charge in [0.25, 0.3) is 5.91 Å². The van der Waals surface area contributed by atoms with Crippen molar-refractivity contribution in [2.75, 3.05) is 11.1 Å². The van der Waals surface area contributed by atoms with Gasteiger partial charge in [-0.25, -0.2) is 9.67 Å². The third-order valence-corrected chi connectivity index (χ3v) is 4.96. The van der Waals surface area contributed by atoms with Gasteiger partial charge >= 0.3 is 6.18 Å². The van der Waals surface area contributed by atoms with Crippen LogP contribution in [0.2, 0.25) is 5.02 Å². The fourth-order valence-corrected chi connectivity index (χ4v) is 3.18. The van der Waals surface area contributed by atoms with Gasteiger partial charge in [-0.15, -0.1) is 5.10 Å². The normalized spacial score (nSPS) is 11.5. The molecule has 0 saturated heterocycles. The van der Waals surface area contributed by atoms with Crippen LogP contribution >= 0.6 is 11.6 Å². The quantitative estimate of drug-likeness (QED) is 0.428. The van der Waals surface area contributed by atoms with Crippen LogP contribution in [-0.4, -0.2) is 25.9 Å². The zero-order chi connectivity index (χ0) is 23.8. The maximum absolute atomic E-state index is 12.7. The lowest BCUT2D eigenvalue weighted by molar-refractivity contribution is -0.137. The molecule has 2 aromatic heterocycles. The lowest BCUT2D eigenvalue weighted by Gasteiger charge is -2.08. The standard InChI is InChI=1S/C21H16ClF3N6O2/c1-11-16(28-20(33-11)12-3-2-4-14(22)9-12)10-31-18(26)17(29-30-31)19(32)27-15-7-5-13(6-8-15)21(23,24)25/h2-9H,10,26H2,1H3,(H,27,32). The molecule has 1 amide bonds. The van der Waals surface area contributed by atoms with E-state index < -0.39 is 17.6 Å². The summed E-state index contributed by atoms with van der Waals surface area (Å²) in [5.41, 5.74) is 6.40. The molecule has 0 aliphatic heterocycles. The fourth-order valence-electron chi connectivity index (χ4n) is 2.99. The number of nitrogen functional groups attached to an aromatic ring is 1. The molecule has 3 N–H and O–H groups in total. The summed E-state index contributed by atoms with van der Waals surface area (Å²) in [7, 11) is 0. The highest BCUT2D eigenvalue weighted by Crippen LogP contribution is 2.30. The number of hydrogen-bond donors (Lipinski definition) is 2. The largest absolute Gasteiger partial charge is 0.441 e. The highest BCUT2D eigenvalue weighted by Gasteiger charge is 2.30. The summed E-state index contributed by atoms with van der Waals surface area (Å²) in [5.74, 6) is 0.140. The average Bonchev–Trinajstić information content (AvgIpc) is 3.31. The number of nitrogens with zero attached hydrogens (tertiary/aromatic N) is 4. The first-order chi connectivity index (χ1) is 15.6. The number of oxazole rings is 1. The highest BCUT2D eigenvalue weighted by atomic mass is 35.5. The molecule has 33 heavy (non-hydrogen) atoms. The molecule has 0 bridgehead atoms. The van der Waals surface area contributed by atoms with Crippen molar-refractivity contribution in [3.05, 3.63) is 76.3 Å². The lowest BCUT2D eigenvalue weighted by atomic mass is 10.2. The van der Waals surface area contributed by atoms with Crippen molar-refractivity contribution >= 4 is 29.0 Å². The molecule has 0 aliphatic rings. The Labute approximate surface area is 190 Å². The molecule has 4 rings (SSSR count). The van der Waals surface area contributed by atoms with Crippen LogP contribution < -0.4 is 11.1 Å². The predicted molar refractivity (Wildman–Crippen MR) is 115 cm³/mol. The second-order valence-electron chi connectivity index (χ2n) is 7.04. The van der Waals surface area contributed by atoms with Gasteiger partial charge in [0.1, 0.15) is 11.5 Å². The second-order valence-corrected chi connectivity index (χ2v) is 7.48. The highest BCUT2D eigenvalue weighted by molar-refractivity contribution is 6.30. The van der Waals surface area contributed by atoms with E-state index in [1.165, 1.54) is 4.68 Å². The Morgan fingerprint density at radius 2 is 1.94 bits per heavy atom. The van der Waals surface area contributed by atoms with Crippen molar-refractivity contribution in [2.24, 2.45) is 0 Å². The van der Waals surface area contributed by atoms with E-state index in [0.717, 1.165) is 24.3 Å². The topological polar surface area (TPSA) is 112 Å². The Balaban J connectivity index is 1.49. The number of carbonyl (C=O) groups is 1. The van der Waals surface area contributed by atoms with E-state index in [-0.39, 0.29) is 23.7 Å². The second kappa shape index (κ2) is 8.58. The smallest absolute Gasteiger partial charge is 0.416 e. The van der Waals surface area contributed by atoms with E-state index in [4.69, 9.17) is 21.8 Å². The molecule has 0 saturated carbocycles. The van der Waals surface area contributed by atoms with Crippen LogP contribution in [-0.2, 0) is 12.7 Å². The maximum atomic E-state index is 12.7. The molecule has 0 fully saturated rings. The van der Waals surface area contributed by atoms with Crippen LogP contribution in [0.3, 0.4) is 0 Å². The molecule has 0 aliphatic carbocycles. The number of aryl methyl sites for hydroxylation is 1. The molecule has 4 aromatic rings. The van der Waals surface area contributed by atoms with E-state index >= 15 is 0 Å². The van der Waals surface area contributed by atoms with Gasteiger partial charge in [0.15, 0.2) is 11.5 Å². The number of nitrogens with two attached hydrogens (primary N) is 1. The summed E-state index contributed by atoms with van der Waals surface area (Å²) >= 11 is 6.01. The van der Waals surface area contributed by atoms with Gasteiger partial charge in [-0.1, -0.05) is 22.9 Å². The van der Waals surface area contributed by atoms with Crippen LogP contribution in [0.5, 0.6) is 0 Å². The monoisotopic (exact) mass is 476 g/mol. The molecule has 0 atom stereocenters. The molecule has 0 spiro atoms. The van der Waals surface area contributed by atoms with Crippen molar-refractivity contribution in [3.63, 3.8) is 0 Å². The summed E-state index contributed by atoms with van der Waals surface area (Å²) in [6.07, 6.45) is -4.47. The van der Waals surface area contributed by atoms with Gasteiger partial charge in [-0.05, 0) is 49.4 Å². The van der Waals surface area contributed by atoms with Gasteiger partial charge < -0.3 is 15.5 Å². The number of halogens is 4. The third kappa shape index (κ3) is 4.82. The van der Waals surface area contributed by atoms with E-state index in [1.807, 2.05) is 0 Å². The summed E-state index contributed by atoms with van der Waals surface area (Å²) in [6.45, 7) is 1.81. The number of nitrogens with one attached hydrogen (secondary N) is 1. The molecular weight excluding hydrogens is 461 g/mol. The van der Waals surface area contributed by atoms with Gasteiger partial charge in [0.05, 0.1) is 12.1 Å². The summed E-state index contributed by atoms with van der Waals surface area (Å²) in [6, 6.07) is 11.0. The van der Waals surface area contributed by atoms with Crippen LogP contribution in [0.15, 0.2) is 52.9 Å². The van der Waals surface area contributed by atoms with Gasteiger partial charge in [0, 0.05) is 16.3 Å². The van der Waals surface area contributed by atoms with Crippen LogP contribution in [0.1, 0.15) is 27.5 Å². The molecule has 0 unspecified atom stereocenters. The lowest BCUT2D eigenvalue weighted by Crippen LogP contribution is -2.15. The minimum Gasteiger partial charge on any atom is -0.441 e. The van der Waals surface area contributed by atoms with Crippen molar-refractivity contribution < 1.29 is 22.4 Å². The first-order valence-corrected chi connectivity index (χ1v) is 9.89. The number of aromatic nitrogens is 4. The van der Waals surface area contributed by atoms with Crippen LogP contribution in [0.25, 0.3) is 11.5 Å². The molecule has 2 heterocycles. The zero-order valence-electron chi connectivity index (χ0n) is 17.0. The molecule has 8 nitrogen and oxygen atoms in total. The number of anilines is 2. The summed E-state index contributed by atoms with van der Waals surface area (Å²) in [4.78, 5) is 16.9. The van der Waals surface area contributed by atoms with Gasteiger partial charge in [-0.2, -0.15) is 13.2 Å². The molecule has 0 radical (unpaired) electrons. The number of hydrogen-bond acceptors (Lipinski definition) is 6. The van der Waals surface area contributed by atoms with E-state index in [0.29, 0.717) is 27.9 Å². The van der Waals surface area contributed by atoms with E-state index in [9.17, 15) is 18.0 Å². The first kappa shape index (κ1) is 22.3. The number of amides is 1. The molecular formula is C21H16ClF3N6O2. The SMILES string of the molecule is Cc1oc(-c2cccc(Cl)c2)nc1Cn1nnc(C(=O)Nc2ccc(C(F)(F)F)cc2)c1N. The Hall–Kier alpha value is -3.86. The Morgan fingerprint density at radius 3 is 2.61 bits per heavy atom. The van der Waals surface area contributed by atoms with E-state index in [1.54, 1.807) is 31.2 Å². The fraction of sp³-hybridized carbons (Fsp3) is 0.143. The molecule has 2 aromatic carbocycles. The first-order valence-electron chi connectivity index (χ1n) is 9.51. The van der Waals surface area contributed by atoms with E-state index in [2.05, 4.69) is 20.6 Å². The minimum atomic E-state index is -4.47. The van der Waals surface area contributed by atoms with Gasteiger partial charge in [0.2, 0.25) is 5.89 Å². The number of benzene rings is 2. The number of alkyl halides is 3. The van der Waals surface area contributed by atoms with Crippen molar-refractivity contribution in [1.29, 1.82) is 0 Å². The summed E-state index contributed by atoms with van der Waals surface area (Å²) in [5, 5.41) is 10.7.